The first-order valence-corrected chi connectivity index (χ1v) is 23.0. The van der Waals surface area contributed by atoms with Crippen molar-refractivity contribution in [3.8, 4) is 56.4 Å². The first-order valence-electron chi connectivity index (χ1n) is 23.0. The smallest absolute Gasteiger partial charge is 0.164 e. The molecule has 0 saturated heterocycles. The van der Waals surface area contributed by atoms with Crippen molar-refractivity contribution in [3.63, 3.8) is 0 Å². The van der Waals surface area contributed by atoms with E-state index in [9.17, 15) is 0 Å². The summed E-state index contributed by atoms with van der Waals surface area (Å²) in [4.78, 5) is 16.3. The second-order valence-corrected chi connectivity index (χ2v) is 17.8. The van der Waals surface area contributed by atoms with Gasteiger partial charge in [0, 0.05) is 50.1 Å². The van der Waals surface area contributed by atoms with Crippen LogP contribution in [-0.4, -0.2) is 125 Å². The summed E-state index contributed by atoms with van der Waals surface area (Å²) in [6.45, 7) is 0. The fourth-order valence-corrected chi connectivity index (χ4v) is 9.74. The van der Waals surface area contributed by atoms with Gasteiger partial charge in [0.15, 0.2) is 17.5 Å². The molecule has 0 fully saturated rings. The normalized spacial score (nSPS) is 11.5. The van der Waals surface area contributed by atoms with Gasteiger partial charge in [0.25, 0.3) is 0 Å². The number of nitrogens with zero attached hydrogens (tertiary/aromatic N) is 4. The van der Waals surface area contributed by atoms with E-state index >= 15 is 0 Å². The van der Waals surface area contributed by atoms with Crippen molar-refractivity contribution in [2.45, 2.75) is 0 Å². The van der Waals surface area contributed by atoms with Crippen molar-refractivity contribution in [3.05, 3.63) is 133 Å². The summed E-state index contributed by atoms with van der Waals surface area (Å²) in [6.07, 6.45) is 0. The summed E-state index contributed by atoms with van der Waals surface area (Å²) >= 11 is 0. The van der Waals surface area contributed by atoms with E-state index in [4.69, 9.17) is 129 Å². The molecule has 2 aromatic heterocycles. The summed E-state index contributed by atoms with van der Waals surface area (Å²) in [5.41, 5.74) is 4.33. The maximum Gasteiger partial charge on any atom is 0.164 e. The molecule has 28 radical (unpaired) electrons. The minimum Gasteiger partial charge on any atom is -0.455 e. The molecule has 0 saturated carbocycles. The Balaban J connectivity index is 1.13. The molecular weight excluding hydrogens is 884 g/mol. The van der Waals surface area contributed by atoms with Crippen LogP contribution >= 0.6 is 0 Å². The fourth-order valence-electron chi connectivity index (χ4n) is 9.74. The molecule has 2 heterocycles. The van der Waals surface area contributed by atoms with Gasteiger partial charge in [-0.25, -0.2) is 15.0 Å². The van der Waals surface area contributed by atoms with Crippen molar-refractivity contribution in [1.82, 2.24) is 15.0 Å². The van der Waals surface area contributed by atoms with Crippen LogP contribution in [0.4, 0.5) is 17.1 Å². The minimum absolute atomic E-state index is 0.0230. The number of hydrogen-bond acceptors (Lipinski definition) is 5. The predicted molar refractivity (Wildman–Crippen MR) is 322 cm³/mol. The van der Waals surface area contributed by atoms with Crippen molar-refractivity contribution >= 4 is 236 Å². The SMILES string of the molecule is [B]c1c([B])c([B])c(N(c2c([B])c([B])c([B])c([B])c2[B])c2c([B])c([B])c(-c3ccc(-c4ccc(-c5nc(-c6ccccc6)nc(-c6ccccc6)n5)c5ccccc45)c4c3oc3ccccc34)c([B])c2[B])c([B])c1[B]. The van der Waals surface area contributed by atoms with Gasteiger partial charge in [-0.15, -0.1) is 32.8 Å². The molecule has 0 spiro atoms. The average Bonchev–Trinajstić information content (AvgIpc) is 3.83. The molecule has 19 heteroatoms. The zero-order valence-corrected chi connectivity index (χ0v) is 39.5. The topological polar surface area (TPSA) is 55.1 Å². The quantitative estimate of drug-likeness (QED) is 0.163. The second-order valence-electron chi connectivity index (χ2n) is 17.8. The Bertz CT molecular complexity index is 3940. The van der Waals surface area contributed by atoms with Crippen LogP contribution in [0.5, 0.6) is 0 Å². The maximum absolute atomic E-state index is 7.17. The van der Waals surface area contributed by atoms with Gasteiger partial charge in [-0.2, -0.15) is 0 Å². The molecule has 5 nitrogen and oxygen atoms in total. The largest absolute Gasteiger partial charge is 0.455 e. The predicted octanol–water partition coefficient (Wildman–Crippen LogP) is -2.16. The second kappa shape index (κ2) is 18.9. The number of hydrogen-bond donors (Lipinski definition) is 0. The number of furan rings is 1. The average molecular weight is 906 g/mol. The van der Waals surface area contributed by atoms with Crippen LogP contribution in [0.2, 0.25) is 0 Å². The van der Waals surface area contributed by atoms with E-state index in [1.807, 2.05) is 115 Å². The molecule has 0 amide bonds. The van der Waals surface area contributed by atoms with Crippen LogP contribution in [0.25, 0.3) is 89.1 Å². The third-order valence-corrected chi connectivity index (χ3v) is 13.6. The van der Waals surface area contributed by atoms with Gasteiger partial charge in [-0.1, -0.05) is 165 Å². The summed E-state index contributed by atoms with van der Waals surface area (Å²) < 4.78 is 6.78. The molecule has 0 bridgehead atoms. The summed E-state index contributed by atoms with van der Waals surface area (Å²) in [5.74, 6) is 1.61. The molecule has 11 rings (SSSR count). The monoisotopic (exact) mass is 908 g/mol. The summed E-state index contributed by atoms with van der Waals surface area (Å²) in [7, 11) is 93.6. The molecule has 0 aliphatic carbocycles. The van der Waals surface area contributed by atoms with Crippen molar-refractivity contribution in [2.24, 2.45) is 0 Å². The standard InChI is InChI=1S/C55H22B14N4O/c56-35-34(36(57)44(65)49(43(35)64)73(50-45(66)39(60)37(58)40(61)46(50)67)51-47(68)41(62)38(59)42(63)48(51)69)31-22-20-28(33-30-17-9-10-18-32(30)74-52(31)33)27-19-21-29(26-16-8-7-15-25(26)27)55-71-53(23-11-3-1-4-12-23)70-54(72-55)24-13-5-2-6-14-24/h1-22H. The third kappa shape index (κ3) is 7.71. The van der Waals surface area contributed by atoms with E-state index in [1.54, 1.807) is 0 Å². The zero-order chi connectivity index (χ0) is 52.0. The Morgan fingerprint density at radius 3 is 1.14 bits per heavy atom. The van der Waals surface area contributed by atoms with Gasteiger partial charge in [-0.3, -0.25) is 0 Å². The highest BCUT2D eigenvalue weighted by atomic mass is 16.3. The molecule has 310 valence electrons. The molecule has 9 aromatic carbocycles. The zero-order valence-electron chi connectivity index (χ0n) is 39.5. The van der Waals surface area contributed by atoms with E-state index in [1.165, 1.54) is 4.90 Å². The van der Waals surface area contributed by atoms with Gasteiger partial charge >= 0.3 is 0 Å². The van der Waals surface area contributed by atoms with E-state index in [2.05, 4.69) is 18.2 Å². The first-order chi connectivity index (χ1) is 35.6. The molecule has 74 heavy (non-hydrogen) atoms. The van der Waals surface area contributed by atoms with Crippen LogP contribution in [-0.2, 0) is 0 Å². The highest BCUT2D eigenvalue weighted by Gasteiger charge is 2.29. The Hall–Kier alpha value is -7.24. The Morgan fingerprint density at radius 2 is 0.649 bits per heavy atom. The molecule has 0 N–H and O–H groups in total. The van der Waals surface area contributed by atoms with Crippen LogP contribution in [0, 0.1) is 0 Å². The van der Waals surface area contributed by atoms with E-state index in [0.717, 1.165) is 49.4 Å². The molecule has 0 aliphatic heterocycles. The summed E-state index contributed by atoms with van der Waals surface area (Å²) in [6, 6.07) is 43.4. The molecule has 0 atom stereocenters. The molecule has 0 unspecified atom stereocenters. The van der Waals surface area contributed by atoms with Crippen LogP contribution < -0.4 is 81.4 Å². The molecule has 11 aromatic rings. The highest BCUT2D eigenvalue weighted by molar-refractivity contribution is 6.72. The van der Waals surface area contributed by atoms with Gasteiger partial charge in [-0.05, 0) is 39.6 Å². The Labute approximate surface area is 447 Å². The lowest BCUT2D eigenvalue weighted by Gasteiger charge is -2.40. The van der Waals surface area contributed by atoms with Gasteiger partial charge in [0.05, 0.1) is 0 Å². The lowest BCUT2D eigenvalue weighted by atomic mass is 9.59. The number of fused-ring (bicyclic) bond motifs is 4. The van der Waals surface area contributed by atoms with Crippen LogP contribution in [0.3, 0.4) is 0 Å². The first kappa shape index (κ1) is 49.0. The van der Waals surface area contributed by atoms with Crippen molar-refractivity contribution in [1.29, 1.82) is 0 Å². The lowest BCUT2D eigenvalue weighted by molar-refractivity contribution is 0.670. The third-order valence-electron chi connectivity index (χ3n) is 13.6. The molecular formula is C55H22B14N4O. The maximum atomic E-state index is 7.17. The fraction of sp³-hybridized carbons (Fsp3) is 0. The Morgan fingerprint density at radius 1 is 0.297 bits per heavy atom. The van der Waals surface area contributed by atoms with Crippen LogP contribution in [0.1, 0.15) is 0 Å². The number of benzene rings is 9. The number of para-hydroxylation sites is 1. The lowest BCUT2D eigenvalue weighted by Crippen LogP contribution is -2.60. The van der Waals surface area contributed by atoms with Gasteiger partial charge in [0.2, 0.25) is 0 Å². The molecule has 0 aliphatic rings. The van der Waals surface area contributed by atoms with Crippen molar-refractivity contribution < 1.29 is 4.42 Å². The highest BCUT2D eigenvalue weighted by Crippen LogP contribution is 2.44. The van der Waals surface area contributed by atoms with E-state index in [-0.39, 0.29) is 99.1 Å². The summed E-state index contributed by atoms with van der Waals surface area (Å²) in [5, 5.41) is 3.41. The van der Waals surface area contributed by atoms with E-state index in [0.29, 0.717) is 34.2 Å². The van der Waals surface area contributed by atoms with Crippen molar-refractivity contribution in [2.75, 3.05) is 4.90 Å². The Kier molecular flexibility index (Phi) is 12.5. The van der Waals surface area contributed by atoms with Crippen LogP contribution in [0.15, 0.2) is 138 Å². The van der Waals surface area contributed by atoms with E-state index < -0.39 is 0 Å². The van der Waals surface area contributed by atoms with Gasteiger partial charge in [0.1, 0.15) is 121 Å². The van der Waals surface area contributed by atoms with Gasteiger partial charge < -0.3 is 9.32 Å². The number of anilines is 3. The number of rotatable bonds is 8. The number of aromatic nitrogens is 3. The minimum atomic E-state index is -0.149.